The van der Waals surface area contributed by atoms with E-state index in [1.165, 1.54) is 12.5 Å². The highest BCUT2D eigenvalue weighted by molar-refractivity contribution is 5.97. The van der Waals surface area contributed by atoms with Gasteiger partial charge in [0.2, 0.25) is 29.5 Å². The van der Waals surface area contributed by atoms with Gasteiger partial charge in [0.15, 0.2) is 0 Å². The standard InChI is InChI=1S/C35H40N10O8/c36-24(17-46)32(50)43-29(11-21-14-37-18-42-21)35(53)45-28(10-20-13-39-26-8-4-2-6-23(20)26)34(52)44-27(33(51)41-15-30(47)40-16-31(48)49)9-19-12-38-25-7-3-1-5-22(19)25/h1-8,12-14,18,24,27-29,38-39,46H,9-11,15-17,36H2,(H,37,42)(H,40,47)(H,41,51)(H,43,50)(H,44,52)(H,45,53)(H,48,49)/t24-,27-,28-,29-/m0/s1. The van der Waals surface area contributed by atoms with Crippen molar-refractivity contribution in [3.05, 3.63) is 90.3 Å². The molecular weight excluding hydrogens is 688 g/mol. The highest BCUT2D eigenvalue weighted by atomic mass is 16.4. The summed E-state index contributed by atoms with van der Waals surface area (Å²) >= 11 is 0. The fourth-order valence-corrected chi connectivity index (χ4v) is 5.72. The molecule has 0 unspecified atom stereocenters. The maximum Gasteiger partial charge on any atom is 0.322 e. The first kappa shape index (κ1) is 37.7. The average Bonchev–Trinajstić information content (AvgIpc) is 3.92. The average molecular weight is 729 g/mol. The van der Waals surface area contributed by atoms with E-state index in [-0.39, 0.29) is 19.3 Å². The molecule has 5 rings (SSSR count). The number of nitrogens with two attached hydrogens (primary N) is 1. The molecule has 18 heteroatoms. The van der Waals surface area contributed by atoms with Gasteiger partial charge in [0.1, 0.15) is 30.7 Å². The summed E-state index contributed by atoms with van der Waals surface area (Å²) < 4.78 is 0. The summed E-state index contributed by atoms with van der Waals surface area (Å²) in [4.78, 5) is 90.7. The zero-order valence-electron chi connectivity index (χ0n) is 28.3. The lowest BCUT2D eigenvalue weighted by Crippen LogP contribution is -2.59. The predicted octanol–water partition coefficient (Wildman–Crippen LogP) is -1.51. The lowest BCUT2D eigenvalue weighted by atomic mass is 10.0. The van der Waals surface area contributed by atoms with Crippen LogP contribution in [0.15, 0.2) is 73.4 Å². The third-order valence-corrected chi connectivity index (χ3v) is 8.47. The SMILES string of the molecule is N[C@@H](CO)C(=O)N[C@@H](Cc1cnc[nH]1)C(=O)N[C@@H](Cc1c[nH]c2ccccc12)C(=O)N[C@@H](Cc1c[nH]c2ccccc12)C(=O)NCC(=O)NCC(=O)O. The van der Waals surface area contributed by atoms with Crippen LogP contribution in [0.3, 0.4) is 0 Å². The third kappa shape index (κ3) is 10.0. The Morgan fingerprint density at radius 3 is 1.74 bits per heavy atom. The van der Waals surface area contributed by atoms with E-state index in [4.69, 9.17) is 10.8 Å². The van der Waals surface area contributed by atoms with Crippen molar-refractivity contribution < 1.29 is 39.0 Å². The molecule has 0 fully saturated rings. The lowest BCUT2D eigenvalue weighted by molar-refractivity contribution is -0.138. The molecule has 0 aliphatic carbocycles. The van der Waals surface area contributed by atoms with Gasteiger partial charge in [-0.1, -0.05) is 36.4 Å². The minimum Gasteiger partial charge on any atom is -0.480 e. The number of carboxylic acid groups (broad SMARTS) is 1. The number of aromatic nitrogens is 4. The Kier molecular flexibility index (Phi) is 12.5. The number of H-pyrrole nitrogens is 3. The van der Waals surface area contributed by atoms with Crippen molar-refractivity contribution in [1.29, 1.82) is 0 Å². The number of carbonyl (C=O) groups excluding carboxylic acids is 5. The van der Waals surface area contributed by atoms with E-state index in [9.17, 15) is 33.9 Å². The summed E-state index contributed by atoms with van der Waals surface area (Å²) in [6.07, 6.45) is 6.13. The molecule has 5 aromatic rings. The largest absolute Gasteiger partial charge is 0.480 e. The molecule has 0 aliphatic rings. The van der Waals surface area contributed by atoms with E-state index in [0.717, 1.165) is 21.8 Å². The second-order valence-corrected chi connectivity index (χ2v) is 12.3. The molecule has 278 valence electrons. The summed E-state index contributed by atoms with van der Waals surface area (Å²) in [5.74, 6) is -5.07. The summed E-state index contributed by atoms with van der Waals surface area (Å²) in [6.45, 7) is -1.88. The number of imidazole rings is 1. The van der Waals surface area contributed by atoms with Crippen LogP contribution in [0.25, 0.3) is 21.8 Å². The maximum atomic E-state index is 14.3. The highest BCUT2D eigenvalue weighted by Gasteiger charge is 2.32. The highest BCUT2D eigenvalue weighted by Crippen LogP contribution is 2.21. The number of rotatable bonds is 18. The van der Waals surface area contributed by atoms with Gasteiger partial charge in [-0.05, 0) is 23.3 Å². The van der Waals surface area contributed by atoms with E-state index in [1.54, 1.807) is 12.4 Å². The van der Waals surface area contributed by atoms with Crippen LogP contribution < -0.4 is 32.3 Å². The first-order chi connectivity index (χ1) is 25.5. The number of nitrogens with one attached hydrogen (secondary N) is 8. The number of para-hydroxylation sites is 2. The Morgan fingerprint density at radius 2 is 1.21 bits per heavy atom. The number of carboxylic acids is 1. The molecule has 12 N–H and O–H groups in total. The normalized spacial score (nSPS) is 13.4. The zero-order valence-corrected chi connectivity index (χ0v) is 28.3. The number of hydrogen-bond donors (Lipinski definition) is 11. The van der Waals surface area contributed by atoms with Crippen molar-refractivity contribution in [2.75, 3.05) is 19.7 Å². The van der Waals surface area contributed by atoms with Crippen molar-refractivity contribution >= 4 is 57.3 Å². The molecule has 0 saturated carbocycles. The number of amides is 5. The summed E-state index contributed by atoms with van der Waals surface area (Å²) in [5, 5.41) is 32.5. The molecule has 0 spiro atoms. The minimum atomic E-state index is -1.31. The third-order valence-electron chi connectivity index (χ3n) is 8.47. The molecule has 18 nitrogen and oxygen atoms in total. The molecule has 2 aromatic carbocycles. The van der Waals surface area contributed by atoms with Crippen LogP contribution in [-0.2, 0) is 48.0 Å². The van der Waals surface area contributed by atoms with Gasteiger partial charge >= 0.3 is 5.97 Å². The van der Waals surface area contributed by atoms with Crippen LogP contribution >= 0.6 is 0 Å². The van der Waals surface area contributed by atoms with Crippen LogP contribution in [-0.4, -0.2) is 110 Å². The molecule has 0 saturated heterocycles. The first-order valence-corrected chi connectivity index (χ1v) is 16.6. The van der Waals surface area contributed by atoms with Crippen LogP contribution in [0.4, 0.5) is 0 Å². The molecule has 3 aromatic heterocycles. The van der Waals surface area contributed by atoms with Crippen LogP contribution in [0.1, 0.15) is 16.8 Å². The first-order valence-electron chi connectivity index (χ1n) is 16.6. The van der Waals surface area contributed by atoms with Gasteiger partial charge in [0, 0.05) is 65.4 Å². The number of nitrogens with zero attached hydrogens (tertiary/aromatic N) is 1. The Bertz CT molecular complexity index is 2070. The fraction of sp³-hybridized carbons (Fsp3) is 0.286. The molecule has 3 heterocycles. The van der Waals surface area contributed by atoms with Crippen molar-refractivity contribution in [1.82, 2.24) is 46.5 Å². The number of carbonyl (C=O) groups is 6. The predicted molar refractivity (Wildman–Crippen MR) is 191 cm³/mol. The molecule has 0 bridgehead atoms. The van der Waals surface area contributed by atoms with E-state index in [0.29, 0.717) is 16.8 Å². The number of aliphatic hydroxyl groups is 1. The van der Waals surface area contributed by atoms with E-state index in [2.05, 4.69) is 46.5 Å². The zero-order chi connectivity index (χ0) is 37.9. The number of aliphatic carboxylic acids is 1. The molecule has 5 amide bonds. The summed E-state index contributed by atoms with van der Waals surface area (Å²) in [6, 6.07) is 9.56. The Balaban J connectivity index is 1.43. The van der Waals surface area contributed by atoms with Crippen LogP contribution in [0, 0.1) is 0 Å². The van der Waals surface area contributed by atoms with E-state index in [1.807, 2.05) is 48.5 Å². The van der Waals surface area contributed by atoms with Gasteiger partial charge in [0.05, 0.1) is 19.5 Å². The van der Waals surface area contributed by atoms with E-state index < -0.39 is 79.4 Å². The van der Waals surface area contributed by atoms with Gasteiger partial charge in [-0.15, -0.1) is 0 Å². The monoisotopic (exact) mass is 728 g/mol. The Hall–Kier alpha value is -6.53. The number of aliphatic hydroxyl groups excluding tert-OH is 1. The van der Waals surface area contributed by atoms with E-state index >= 15 is 0 Å². The topological polar surface area (TPSA) is 289 Å². The number of fused-ring (bicyclic) bond motifs is 2. The molecular formula is C35H40N10O8. The Morgan fingerprint density at radius 1 is 0.679 bits per heavy atom. The van der Waals surface area contributed by atoms with Crippen LogP contribution in [0.5, 0.6) is 0 Å². The number of aromatic amines is 3. The summed E-state index contributed by atoms with van der Waals surface area (Å²) in [7, 11) is 0. The van der Waals surface area contributed by atoms with Gasteiger partial charge in [0.25, 0.3) is 0 Å². The number of hydrogen-bond acceptors (Lipinski definition) is 9. The van der Waals surface area contributed by atoms with Crippen molar-refractivity contribution in [2.45, 2.75) is 43.4 Å². The fourth-order valence-electron chi connectivity index (χ4n) is 5.72. The van der Waals surface area contributed by atoms with Gasteiger partial charge in [-0.3, -0.25) is 28.8 Å². The summed E-state index contributed by atoms with van der Waals surface area (Å²) in [5.41, 5.74) is 9.12. The smallest absolute Gasteiger partial charge is 0.322 e. The van der Waals surface area contributed by atoms with Crippen LogP contribution in [0.2, 0.25) is 0 Å². The van der Waals surface area contributed by atoms with Gasteiger partial charge in [-0.2, -0.15) is 0 Å². The molecule has 53 heavy (non-hydrogen) atoms. The van der Waals surface area contributed by atoms with Gasteiger partial charge < -0.3 is 57.5 Å². The quantitative estimate of drug-likeness (QED) is 0.0496. The number of benzene rings is 2. The van der Waals surface area contributed by atoms with Crippen molar-refractivity contribution in [3.8, 4) is 0 Å². The minimum absolute atomic E-state index is 0.0242. The maximum absolute atomic E-state index is 14.3. The molecule has 0 aliphatic heterocycles. The van der Waals surface area contributed by atoms with Gasteiger partial charge in [-0.25, -0.2) is 4.98 Å². The second-order valence-electron chi connectivity index (χ2n) is 12.3. The molecule has 4 atom stereocenters. The van der Waals surface area contributed by atoms with Crippen molar-refractivity contribution in [3.63, 3.8) is 0 Å². The second kappa shape index (κ2) is 17.6. The lowest BCUT2D eigenvalue weighted by Gasteiger charge is -2.26. The Labute approximate surface area is 301 Å². The van der Waals surface area contributed by atoms with Crippen molar-refractivity contribution in [2.24, 2.45) is 5.73 Å². The molecule has 0 radical (unpaired) electrons.